The van der Waals surface area contributed by atoms with Gasteiger partial charge in [0.2, 0.25) is 0 Å². The van der Waals surface area contributed by atoms with E-state index >= 15 is 0 Å². The van der Waals surface area contributed by atoms with Gasteiger partial charge in [-0.15, -0.1) is 11.8 Å². The molecular formula is C23H23ClN6O2S. The van der Waals surface area contributed by atoms with Crippen molar-refractivity contribution < 1.29 is 4.79 Å². The number of para-hydroxylation sites is 1. The van der Waals surface area contributed by atoms with Crippen LogP contribution in [-0.2, 0) is 12.3 Å². The van der Waals surface area contributed by atoms with Gasteiger partial charge in [-0.3, -0.25) is 9.48 Å². The van der Waals surface area contributed by atoms with E-state index in [0.717, 1.165) is 4.90 Å². The van der Waals surface area contributed by atoms with E-state index in [1.54, 1.807) is 35.3 Å². The molecule has 2 aromatic carbocycles. The Morgan fingerprint density at radius 1 is 1.12 bits per heavy atom. The van der Waals surface area contributed by atoms with Gasteiger partial charge in [0.15, 0.2) is 0 Å². The number of nitrogens with zero attached hydrogens (tertiary/aromatic N) is 4. The fraction of sp³-hybridized carbons (Fsp3) is 0.217. The molecular weight excluding hydrogens is 460 g/mol. The highest BCUT2D eigenvalue weighted by atomic mass is 35.5. The maximum Gasteiger partial charge on any atom is 0.323 e. The predicted octanol–water partition coefficient (Wildman–Crippen LogP) is 5.14. The Balaban J connectivity index is 1.46. The van der Waals surface area contributed by atoms with E-state index < -0.39 is 0 Å². The molecule has 4 rings (SSSR count). The molecule has 33 heavy (non-hydrogen) atoms. The SMILES string of the molecule is CC(C)Cn1cnc2nc(CSc3ccccc3NC(=O)Nc3ccc(Cl)cc3)cc(=O)n21. The van der Waals surface area contributed by atoms with E-state index in [1.165, 1.54) is 22.3 Å². The Hall–Kier alpha value is -3.30. The quantitative estimate of drug-likeness (QED) is 0.356. The van der Waals surface area contributed by atoms with Gasteiger partial charge >= 0.3 is 6.03 Å². The summed E-state index contributed by atoms with van der Waals surface area (Å²) in [7, 11) is 0. The molecule has 0 unspecified atom stereocenters. The van der Waals surface area contributed by atoms with E-state index in [4.69, 9.17) is 11.6 Å². The van der Waals surface area contributed by atoms with Crippen LogP contribution in [0.5, 0.6) is 0 Å². The van der Waals surface area contributed by atoms with Gasteiger partial charge in [-0.1, -0.05) is 37.6 Å². The number of thioether (sulfide) groups is 1. The molecule has 0 atom stereocenters. The number of benzene rings is 2. The normalized spacial score (nSPS) is 11.2. The van der Waals surface area contributed by atoms with Crippen LogP contribution in [0.1, 0.15) is 19.5 Å². The molecule has 8 nitrogen and oxygen atoms in total. The largest absolute Gasteiger partial charge is 0.323 e. The van der Waals surface area contributed by atoms with Crippen LogP contribution in [0.25, 0.3) is 5.78 Å². The molecule has 0 saturated carbocycles. The van der Waals surface area contributed by atoms with Gasteiger partial charge in [-0.25, -0.2) is 9.78 Å². The second kappa shape index (κ2) is 10.1. The van der Waals surface area contributed by atoms with Crippen molar-refractivity contribution in [3.05, 3.63) is 82.0 Å². The minimum atomic E-state index is -0.362. The Morgan fingerprint density at radius 3 is 2.64 bits per heavy atom. The van der Waals surface area contributed by atoms with Gasteiger partial charge in [0.25, 0.3) is 11.3 Å². The maximum atomic E-state index is 12.7. The van der Waals surface area contributed by atoms with E-state index in [1.807, 2.05) is 24.3 Å². The van der Waals surface area contributed by atoms with E-state index in [0.29, 0.717) is 46.1 Å². The number of hydrogen-bond acceptors (Lipinski definition) is 5. The number of carbonyl (C=O) groups is 1. The lowest BCUT2D eigenvalue weighted by molar-refractivity contribution is 0.262. The summed E-state index contributed by atoms with van der Waals surface area (Å²) in [6, 6.07) is 15.5. The van der Waals surface area contributed by atoms with Gasteiger partial charge in [0.05, 0.1) is 11.4 Å². The van der Waals surface area contributed by atoms with Crippen LogP contribution in [-0.4, -0.2) is 25.2 Å². The summed E-state index contributed by atoms with van der Waals surface area (Å²) in [6.07, 6.45) is 1.64. The first-order chi connectivity index (χ1) is 15.9. The van der Waals surface area contributed by atoms with Gasteiger partial charge in [0.1, 0.15) is 6.33 Å². The Bertz CT molecular complexity index is 1330. The Labute approximate surface area is 200 Å². The van der Waals surface area contributed by atoms with Crippen LogP contribution in [0.3, 0.4) is 0 Å². The zero-order valence-electron chi connectivity index (χ0n) is 18.2. The number of urea groups is 1. The molecule has 0 radical (unpaired) electrons. The molecule has 10 heteroatoms. The molecule has 2 heterocycles. The summed E-state index contributed by atoms with van der Waals surface area (Å²) in [5.74, 6) is 1.22. The number of aromatic nitrogens is 4. The summed E-state index contributed by atoms with van der Waals surface area (Å²) in [5.41, 5.74) is 1.76. The fourth-order valence-corrected chi connectivity index (χ4v) is 4.27. The molecule has 0 bridgehead atoms. The highest BCUT2D eigenvalue weighted by Gasteiger charge is 2.12. The number of halogens is 1. The molecule has 0 aliphatic carbocycles. The van der Waals surface area contributed by atoms with Crippen molar-refractivity contribution in [2.75, 3.05) is 10.6 Å². The smallest absolute Gasteiger partial charge is 0.308 e. The van der Waals surface area contributed by atoms with Gasteiger partial charge in [0, 0.05) is 34.0 Å². The average Bonchev–Trinajstić information content (AvgIpc) is 3.17. The Kier molecular flexibility index (Phi) is 7.00. The molecule has 2 N–H and O–H groups in total. The standard InChI is InChI=1S/C23H23ClN6O2S/c1-15(2)12-29-14-25-22-26-18(11-21(31)30(22)29)13-33-20-6-4-3-5-19(20)28-23(32)27-17-9-7-16(24)8-10-17/h3-11,14-15H,12-13H2,1-2H3,(H2,27,28,32). The minimum absolute atomic E-state index is 0.164. The van der Waals surface area contributed by atoms with Crippen molar-refractivity contribution in [3.63, 3.8) is 0 Å². The van der Waals surface area contributed by atoms with Crippen molar-refractivity contribution in [2.24, 2.45) is 5.92 Å². The number of fused-ring (bicyclic) bond motifs is 1. The summed E-state index contributed by atoms with van der Waals surface area (Å²) in [4.78, 5) is 34.8. The first-order valence-electron chi connectivity index (χ1n) is 10.4. The molecule has 0 saturated heterocycles. The average molecular weight is 483 g/mol. The number of hydrogen-bond donors (Lipinski definition) is 2. The monoisotopic (exact) mass is 482 g/mol. The number of amides is 2. The third-order valence-electron chi connectivity index (χ3n) is 4.66. The summed E-state index contributed by atoms with van der Waals surface area (Å²) >= 11 is 7.36. The lowest BCUT2D eigenvalue weighted by atomic mass is 10.2. The topological polar surface area (TPSA) is 93.3 Å². The second-order valence-corrected chi connectivity index (χ2v) is 9.28. The van der Waals surface area contributed by atoms with Crippen LogP contribution < -0.4 is 16.2 Å². The lowest BCUT2D eigenvalue weighted by Gasteiger charge is -2.12. The number of anilines is 2. The molecule has 2 amide bonds. The highest BCUT2D eigenvalue weighted by molar-refractivity contribution is 7.98. The molecule has 0 spiro atoms. The number of nitrogens with one attached hydrogen (secondary N) is 2. The molecule has 2 aromatic heterocycles. The minimum Gasteiger partial charge on any atom is -0.308 e. The van der Waals surface area contributed by atoms with Crippen LogP contribution in [0.15, 0.2) is 70.6 Å². The predicted molar refractivity (Wildman–Crippen MR) is 132 cm³/mol. The van der Waals surface area contributed by atoms with E-state index in [9.17, 15) is 9.59 Å². The first-order valence-corrected chi connectivity index (χ1v) is 11.7. The Morgan fingerprint density at radius 2 is 1.88 bits per heavy atom. The zero-order chi connectivity index (χ0) is 23.4. The molecule has 0 fully saturated rings. The van der Waals surface area contributed by atoms with Gasteiger partial charge in [-0.05, 0) is 42.3 Å². The van der Waals surface area contributed by atoms with Crippen LogP contribution in [0.2, 0.25) is 5.02 Å². The summed E-state index contributed by atoms with van der Waals surface area (Å²) in [6.45, 7) is 4.84. The fourth-order valence-electron chi connectivity index (χ4n) is 3.25. The molecule has 170 valence electrons. The second-order valence-electron chi connectivity index (χ2n) is 7.83. The van der Waals surface area contributed by atoms with Crippen LogP contribution >= 0.6 is 23.4 Å². The highest BCUT2D eigenvalue weighted by Crippen LogP contribution is 2.29. The molecule has 0 aliphatic heterocycles. The third kappa shape index (κ3) is 5.74. The van der Waals surface area contributed by atoms with Gasteiger partial charge in [-0.2, -0.15) is 9.50 Å². The summed E-state index contributed by atoms with van der Waals surface area (Å²) in [5, 5.41) is 6.24. The maximum absolute atomic E-state index is 12.7. The lowest BCUT2D eigenvalue weighted by Crippen LogP contribution is -2.22. The van der Waals surface area contributed by atoms with Gasteiger partial charge < -0.3 is 10.6 Å². The third-order valence-corrected chi connectivity index (χ3v) is 6.02. The van der Waals surface area contributed by atoms with Crippen molar-refractivity contribution in [2.45, 2.75) is 31.0 Å². The van der Waals surface area contributed by atoms with Crippen LogP contribution in [0.4, 0.5) is 16.2 Å². The van der Waals surface area contributed by atoms with Crippen molar-refractivity contribution in [1.82, 2.24) is 19.2 Å². The van der Waals surface area contributed by atoms with Crippen LogP contribution in [0, 0.1) is 5.92 Å². The van der Waals surface area contributed by atoms with Crippen molar-refractivity contribution in [3.8, 4) is 0 Å². The summed E-state index contributed by atoms with van der Waals surface area (Å²) < 4.78 is 3.27. The van der Waals surface area contributed by atoms with Crippen molar-refractivity contribution in [1.29, 1.82) is 0 Å². The number of rotatable bonds is 7. The number of carbonyl (C=O) groups excluding carboxylic acids is 1. The zero-order valence-corrected chi connectivity index (χ0v) is 19.7. The van der Waals surface area contributed by atoms with E-state index in [-0.39, 0.29) is 11.6 Å². The van der Waals surface area contributed by atoms with Crippen molar-refractivity contribution >= 4 is 46.5 Å². The molecule has 4 aromatic rings. The first kappa shape index (κ1) is 22.9. The van der Waals surface area contributed by atoms with E-state index in [2.05, 4.69) is 34.4 Å². The molecule has 0 aliphatic rings.